The van der Waals surface area contributed by atoms with Crippen LogP contribution < -0.4 is 5.73 Å². The van der Waals surface area contributed by atoms with Gasteiger partial charge in [0.1, 0.15) is 5.82 Å². The van der Waals surface area contributed by atoms with Crippen molar-refractivity contribution in [1.29, 1.82) is 0 Å². The summed E-state index contributed by atoms with van der Waals surface area (Å²) in [4.78, 5) is 2.23. The van der Waals surface area contributed by atoms with Crippen molar-refractivity contribution in [3.63, 3.8) is 0 Å². The highest BCUT2D eigenvalue weighted by Crippen LogP contribution is 2.15. The molecule has 19 heavy (non-hydrogen) atoms. The Labute approximate surface area is 114 Å². The second-order valence-corrected chi connectivity index (χ2v) is 5.06. The van der Waals surface area contributed by atoms with E-state index in [1.807, 2.05) is 12.1 Å². The van der Waals surface area contributed by atoms with E-state index in [-0.39, 0.29) is 5.82 Å². The zero-order valence-corrected chi connectivity index (χ0v) is 11.4. The Hall–Kier alpha value is -0.970. The lowest BCUT2D eigenvalue weighted by Crippen LogP contribution is -2.35. The zero-order valence-electron chi connectivity index (χ0n) is 11.4. The van der Waals surface area contributed by atoms with Crippen LogP contribution in [-0.4, -0.2) is 37.7 Å². The fraction of sp³-hybridized carbons (Fsp3) is 0.600. The lowest BCUT2D eigenvalue weighted by Gasteiger charge is -2.26. The Bertz CT molecular complexity index is 392. The lowest BCUT2D eigenvalue weighted by atomic mass is 10.0. The molecule has 4 heteroatoms. The van der Waals surface area contributed by atoms with E-state index in [1.54, 1.807) is 6.07 Å². The molecule has 1 aliphatic heterocycles. The maximum absolute atomic E-state index is 14.0. The second-order valence-electron chi connectivity index (χ2n) is 5.06. The summed E-state index contributed by atoms with van der Waals surface area (Å²) in [5.41, 5.74) is 7.31. The highest BCUT2D eigenvalue weighted by atomic mass is 19.1. The van der Waals surface area contributed by atoms with Gasteiger partial charge in [-0.2, -0.15) is 0 Å². The summed E-state index contributed by atoms with van der Waals surface area (Å²) >= 11 is 0. The molecule has 1 aliphatic rings. The number of benzene rings is 1. The summed E-state index contributed by atoms with van der Waals surface area (Å²) in [6.07, 6.45) is 2.93. The van der Waals surface area contributed by atoms with Gasteiger partial charge in [-0.1, -0.05) is 12.1 Å². The molecule has 0 aromatic heterocycles. The summed E-state index contributed by atoms with van der Waals surface area (Å²) in [6.45, 7) is 4.66. The smallest absolute Gasteiger partial charge is 0.127 e. The molecule has 0 saturated carbocycles. The average Bonchev–Trinajstić information content (AvgIpc) is 2.43. The number of rotatable bonds is 6. The van der Waals surface area contributed by atoms with E-state index in [0.29, 0.717) is 13.1 Å². The van der Waals surface area contributed by atoms with Crippen molar-refractivity contribution in [2.45, 2.75) is 25.8 Å². The van der Waals surface area contributed by atoms with Gasteiger partial charge in [-0.3, -0.25) is 4.90 Å². The third kappa shape index (κ3) is 4.56. The van der Waals surface area contributed by atoms with Gasteiger partial charge in [0.05, 0.1) is 13.2 Å². The van der Waals surface area contributed by atoms with Crippen LogP contribution in [-0.2, 0) is 17.7 Å². The first kappa shape index (κ1) is 14.4. The minimum Gasteiger partial charge on any atom is -0.379 e. The molecule has 1 aromatic rings. The first-order valence-corrected chi connectivity index (χ1v) is 7.07. The number of ether oxygens (including phenoxy) is 1. The topological polar surface area (TPSA) is 38.5 Å². The number of hydrogen-bond acceptors (Lipinski definition) is 3. The van der Waals surface area contributed by atoms with Gasteiger partial charge in [-0.25, -0.2) is 4.39 Å². The zero-order chi connectivity index (χ0) is 13.5. The van der Waals surface area contributed by atoms with Gasteiger partial charge >= 0.3 is 0 Å². The number of morpholine rings is 1. The third-order valence-corrected chi connectivity index (χ3v) is 3.53. The minimum absolute atomic E-state index is 0.0864. The molecule has 1 fully saturated rings. The number of aryl methyl sites for hydroxylation is 1. The van der Waals surface area contributed by atoms with Gasteiger partial charge in [0, 0.05) is 25.2 Å². The molecule has 0 unspecified atom stereocenters. The Morgan fingerprint density at radius 1 is 1.21 bits per heavy atom. The number of halogens is 1. The van der Waals surface area contributed by atoms with Gasteiger partial charge in [0.2, 0.25) is 0 Å². The quantitative estimate of drug-likeness (QED) is 0.800. The molecule has 3 nitrogen and oxygen atoms in total. The van der Waals surface area contributed by atoms with Gasteiger partial charge in [-0.05, 0) is 37.4 Å². The maximum atomic E-state index is 14.0. The van der Waals surface area contributed by atoms with Crippen molar-refractivity contribution < 1.29 is 9.13 Å². The van der Waals surface area contributed by atoms with Crippen LogP contribution in [0.25, 0.3) is 0 Å². The molecule has 1 aromatic carbocycles. The van der Waals surface area contributed by atoms with Crippen molar-refractivity contribution in [3.05, 3.63) is 35.1 Å². The van der Waals surface area contributed by atoms with Gasteiger partial charge in [0.15, 0.2) is 0 Å². The fourth-order valence-corrected chi connectivity index (χ4v) is 2.35. The van der Waals surface area contributed by atoms with Gasteiger partial charge < -0.3 is 10.5 Å². The van der Waals surface area contributed by atoms with Crippen LogP contribution >= 0.6 is 0 Å². The molecule has 1 heterocycles. The standard InChI is InChI=1S/C15H23FN2O/c16-15-11-13(3-1-2-6-17)4-5-14(15)12-18-7-9-19-10-8-18/h4-5,11H,1-3,6-10,12,17H2. The Morgan fingerprint density at radius 2 is 2.00 bits per heavy atom. The van der Waals surface area contributed by atoms with Crippen molar-refractivity contribution in [1.82, 2.24) is 4.90 Å². The second kappa shape index (κ2) is 7.58. The van der Waals surface area contributed by atoms with Crippen LogP contribution in [0.4, 0.5) is 4.39 Å². The first-order valence-electron chi connectivity index (χ1n) is 7.07. The number of hydrogen-bond donors (Lipinski definition) is 1. The van der Waals surface area contributed by atoms with Gasteiger partial charge in [0.25, 0.3) is 0 Å². The molecule has 0 aliphatic carbocycles. The maximum Gasteiger partial charge on any atom is 0.127 e. The number of nitrogens with two attached hydrogens (primary N) is 1. The highest BCUT2D eigenvalue weighted by molar-refractivity contribution is 5.24. The summed E-state index contributed by atoms with van der Waals surface area (Å²) in [5.74, 6) is -0.0864. The van der Waals surface area contributed by atoms with Crippen LogP contribution in [0.1, 0.15) is 24.0 Å². The SMILES string of the molecule is NCCCCc1ccc(CN2CCOCC2)c(F)c1. The van der Waals surface area contributed by atoms with Gasteiger partial charge in [-0.15, -0.1) is 0 Å². The van der Waals surface area contributed by atoms with E-state index < -0.39 is 0 Å². The van der Waals surface area contributed by atoms with Crippen molar-refractivity contribution >= 4 is 0 Å². The molecule has 0 atom stereocenters. The number of unbranched alkanes of at least 4 members (excludes halogenated alkanes) is 1. The van der Waals surface area contributed by atoms with Crippen molar-refractivity contribution in [2.75, 3.05) is 32.8 Å². The molecule has 0 spiro atoms. The molecule has 1 saturated heterocycles. The fourth-order valence-electron chi connectivity index (χ4n) is 2.35. The van der Waals surface area contributed by atoms with Crippen molar-refractivity contribution in [2.24, 2.45) is 5.73 Å². The summed E-state index contributed by atoms with van der Waals surface area (Å²) in [5, 5.41) is 0. The minimum atomic E-state index is -0.0864. The van der Waals surface area contributed by atoms with E-state index in [9.17, 15) is 4.39 Å². The summed E-state index contributed by atoms with van der Waals surface area (Å²) < 4.78 is 19.3. The molecule has 106 valence electrons. The molecule has 0 bridgehead atoms. The molecule has 0 amide bonds. The van der Waals surface area contributed by atoms with E-state index in [1.165, 1.54) is 0 Å². The molecule has 0 radical (unpaired) electrons. The summed E-state index contributed by atoms with van der Waals surface area (Å²) in [7, 11) is 0. The predicted molar refractivity (Wildman–Crippen MR) is 74.5 cm³/mol. The van der Waals surface area contributed by atoms with Crippen molar-refractivity contribution in [3.8, 4) is 0 Å². The first-order chi connectivity index (χ1) is 9.29. The average molecular weight is 266 g/mol. The van der Waals surface area contributed by atoms with Crippen LogP contribution in [0.3, 0.4) is 0 Å². The van der Waals surface area contributed by atoms with E-state index in [2.05, 4.69) is 4.90 Å². The van der Waals surface area contributed by atoms with E-state index in [4.69, 9.17) is 10.5 Å². The van der Waals surface area contributed by atoms with E-state index >= 15 is 0 Å². The Kier molecular flexibility index (Phi) is 5.76. The van der Waals surface area contributed by atoms with Crippen LogP contribution in [0, 0.1) is 5.82 Å². The monoisotopic (exact) mass is 266 g/mol. The lowest BCUT2D eigenvalue weighted by molar-refractivity contribution is 0.0337. The highest BCUT2D eigenvalue weighted by Gasteiger charge is 2.13. The van der Waals surface area contributed by atoms with Crippen LogP contribution in [0.5, 0.6) is 0 Å². The van der Waals surface area contributed by atoms with E-state index in [0.717, 1.165) is 56.7 Å². The Balaban J connectivity index is 1.90. The van der Waals surface area contributed by atoms with Crippen LogP contribution in [0.2, 0.25) is 0 Å². The molecular formula is C15H23FN2O. The van der Waals surface area contributed by atoms with Crippen LogP contribution in [0.15, 0.2) is 18.2 Å². The largest absolute Gasteiger partial charge is 0.379 e. The Morgan fingerprint density at radius 3 is 2.68 bits per heavy atom. The normalized spacial score (nSPS) is 16.7. The molecule has 2 N–H and O–H groups in total. The summed E-state index contributed by atoms with van der Waals surface area (Å²) in [6, 6.07) is 5.63. The molecular weight excluding hydrogens is 243 g/mol. The predicted octanol–water partition coefficient (Wildman–Crippen LogP) is 1.94. The number of nitrogens with zero attached hydrogens (tertiary/aromatic N) is 1. The third-order valence-electron chi connectivity index (χ3n) is 3.53. The molecule has 2 rings (SSSR count).